The van der Waals surface area contributed by atoms with E-state index >= 15 is 0 Å². The first-order valence-corrected chi connectivity index (χ1v) is 12.3. The quantitative estimate of drug-likeness (QED) is 0.517. The number of carbonyl (C=O) groups is 4. The lowest BCUT2D eigenvalue weighted by atomic mass is 9.99. The van der Waals surface area contributed by atoms with Gasteiger partial charge in [0.25, 0.3) is 11.8 Å². The molecule has 1 aromatic carbocycles. The van der Waals surface area contributed by atoms with Gasteiger partial charge in [-0.25, -0.2) is 4.79 Å². The number of fused-ring (bicyclic) bond motifs is 1. The van der Waals surface area contributed by atoms with Gasteiger partial charge in [-0.2, -0.15) is 0 Å². The van der Waals surface area contributed by atoms with E-state index in [2.05, 4.69) is 10.6 Å². The van der Waals surface area contributed by atoms with Crippen LogP contribution in [0.3, 0.4) is 0 Å². The summed E-state index contributed by atoms with van der Waals surface area (Å²) in [5, 5.41) is 15.5. The Morgan fingerprint density at radius 2 is 2.00 bits per heavy atom. The molecule has 3 N–H and O–H groups in total. The van der Waals surface area contributed by atoms with Crippen LogP contribution in [0.25, 0.3) is 0 Å². The fourth-order valence-electron chi connectivity index (χ4n) is 4.57. The molecule has 0 saturated carbocycles. The highest BCUT2D eigenvalue weighted by Crippen LogP contribution is 2.40. The summed E-state index contributed by atoms with van der Waals surface area (Å²) >= 11 is 0. The number of nitrogens with zero attached hydrogens (tertiary/aromatic N) is 3. The molecule has 0 bridgehead atoms. The highest BCUT2D eigenvalue weighted by Gasteiger charge is 2.42. The van der Waals surface area contributed by atoms with Crippen molar-refractivity contribution in [3.05, 3.63) is 23.3 Å². The second-order valence-electron chi connectivity index (χ2n) is 9.91. The van der Waals surface area contributed by atoms with Gasteiger partial charge in [-0.3, -0.25) is 19.7 Å². The Morgan fingerprint density at radius 1 is 1.31 bits per heavy atom. The molecule has 0 aliphatic carbocycles. The van der Waals surface area contributed by atoms with E-state index in [1.54, 1.807) is 42.7 Å². The van der Waals surface area contributed by atoms with Crippen molar-refractivity contribution < 1.29 is 29.0 Å². The average molecular weight is 504 g/mol. The minimum atomic E-state index is -1.10. The van der Waals surface area contributed by atoms with E-state index in [0.29, 0.717) is 42.1 Å². The van der Waals surface area contributed by atoms with Gasteiger partial charge >= 0.3 is 6.09 Å². The number of carbonyl (C=O) groups excluding carboxylic acids is 3. The highest BCUT2D eigenvalue weighted by molar-refractivity contribution is 6.05. The van der Waals surface area contributed by atoms with Crippen LogP contribution >= 0.6 is 0 Å². The van der Waals surface area contributed by atoms with Crippen molar-refractivity contribution in [2.24, 2.45) is 0 Å². The number of amides is 4. The van der Waals surface area contributed by atoms with E-state index in [-0.39, 0.29) is 43.4 Å². The highest BCUT2D eigenvalue weighted by atomic mass is 16.5. The normalized spacial score (nSPS) is 19.0. The van der Waals surface area contributed by atoms with E-state index in [4.69, 9.17) is 4.74 Å². The number of piperazine rings is 1. The zero-order valence-corrected chi connectivity index (χ0v) is 21.9. The first kappa shape index (κ1) is 27.3. The molecule has 2 aliphatic rings. The summed E-state index contributed by atoms with van der Waals surface area (Å²) in [6, 6.07) is 3.20. The minimum absolute atomic E-state index is 0.113. The van der Waals surface area contributed by atoms with Crippen molar-refractivity contribution in [2.75, 3.05) is 37.6 Å². The van der Waals surface area contributed by atoms with Crippen molar-refractivity contribution in [1.29, 1.82) is 0 Å². The van der Waals surface area contributed by atoms with Crippen molar-refractivity contribution in [2.45, 2.75) is 65.8 Å². The second-order valence-corrected chi connectivity index (χ2v) is 9.91. The predicted molar refractivity (Wildman–Crippen MR) is 134 cm³/mol. The number of benzene rings is 1. The van der Waals surface area contributed by atoms with Gasteiger partial charge in [0.15, 0.2) is 5.60 Å². The summed E-state index contributed by atoms with van der Waals surface area (Å²) in [6.45, 7) is 12.1. The third-order valence-corrected chi connectivity index (χ3v) is 6.48. The SMILES string of the molecule is CCC(=O)NCCN1C(=O)C(C)(C)Oc2cc(C)c(C(=O)N(C(C)C)[C@@H]3CN(C(=O)O)CCN3)cc21. The van der Waals surface area contributed by atoms with Crippen molar-refractivity contribution in [1.82, 2.24) is 20.4 Å². The summed E-state index contributed by atoms with van der Waals surface area (Å²) in [6.07, 6.45) is -1.17. The Morgan fingerprint density at radius 3 is 2.61 bits per heavy atom. The topological polar surface area (TPSA) is 132 Å². The van der Waals surface area contributed by atoms with Gasteiger partial charge in [-0.15, -0.1) is 0 Å². The number of nitrogens with one attached hydrogen (secondary N) is 2. The smallest absolute Gasteiger partial charge is 0.407 e. The van der Waals surface area contributed by atoms with Crippen LogP contribution < -0.4 is 20.3 Å². The summed E-state index contributed by atoms with van der Waals surface area (Å²) < 4.78 is 6.00. The fourth-order valence-corrected chi connectivity index (χ4v) is 4.57. The van der Waals surface area contributed by atoms with Gasteiger partial charge in [-0.1, -0.05) is 6.92 Å². The molecule has 0 radical (unpaired) electrons. The van der Waals surface area contributed by atoms with E-state index in [9.17, 15) is 24.3 Å². The summed E-state index contributed by atoms with van der Waals surface area (Å²) in [7, 11) is 0. The third-order valence-electron chi connectivity index (χ3n) is 6.48. The zero-order chi connectivity index (χ0) is 26.8. The maximum Gasteiger partial charge on any atom is 0.407 e. The molecule has 1 fully saturated rings. The molecule has 2 aliphatic heterocycles. The minimum Gasteiger partial charge on any atom is -0.476 e. The Hall–Kier alpha value is -3.34. The number of anilines is 1. The Bertz CT molecular complexity index is 1040. The molecule has 0 spiro atoms. The Balaban J connectivity index is 1.96. The van der Waals surface area contributed by atoms with Gasteiger partial charge in [0.2, 0.25) is 5.91 Å². The van der Waals surface area contributed by atoms with Gasteiger partial charge < -0.3 is 29.9 Å². The van der Waals surface area contributed by atoms with Crippen molar-refractivity contribution in [3.63, 3.8) is 0 Å². The van der Waals surface area contributed by atoms with Gasteiger partial charge in [-0.05, 0) is 52.3 Å². The fraction of sp³-hybridized carbons (Fsp3) is 0.600. The van der Waals surface area contributed by atoms with E-state index < -0.39 is 17.9 Å². The summed E-state index contributed by atoms with van der Waals surface area (Å²) in [5.74, 6) is -0.168. The third kappa shape index (κ3) is 5.56. The molecule has 198 valence electrons. The number of carboxylic acid groups (broad SMARTS) is 1. The molecule has 2 heterocycles. The molecule has 0 aromatic heterocycles. The molecule has 11 heteroatoms. The Kier molecular flexibility index (Phi) is 8.12. The van der Waals surface area contributed by atoms with Crippen molar-refractivity contribution in [3.8, 4) is 5.75 Å². The molecular formula is C25H37N5O6. The molecule has 4 amide bonds. The van der Waals surface area contributed by atoms with Crippen LogP contribution in [0.4, 0.5) is 10.5 Å². The molecule has 0 unspecified atom stereocenters. The maximum atomic E-state index is 13.8. The molecule has 1 aromatic rings. The van der Waals surface area contributed by atoms with Crippen LogP contribution in [0.5, 0.6) is 5.75 Å². The number of hydrogen-bond acceptors (Lipinski definition) is 6. The number of ether oxygens (including phenoxy) is 1. The number of hydrogen-bond donors (Lipinski definition) is 3. The zero-order valence-electron chi connectivity index (χ0n) is 21.9. The predicted octanol–water partition coefficient (Wildman–Crippen LogP) is 1.79. The van der Waals surface area contributed by atoms with E-state index in [1.165, 1.54) is 4.90 Å². The van der Waals surface area contributed by atoms with Gasteiger partial charge in [0, 0.05) is 44.2 Å². The lowest BCUT2D eigenvalue weighted by Gasteiger charge is -2.42. The van der Waals surface area contributed by atoms with Crippen LogP contribution in [0.2, 0.25) is 0 Å². The van der Waals surface area contributed by atoms with Gasteiger partial charge in [0.05, 0.1) is 12.2 Å². The molecular weight excluding hydrogens is 466 g/mol. The van der Waals surface area contributed by atoms with Crippen molar-refractivity contribution >= 4 is 29.5 Å². The molecule has 1 saturated heterocycles. The molecule has 11 nitrogen and oxygen atoms in total. The van der Waals surface area contributed by atoms with Crippen LogP contribution in [0, 0.1) is 6.92 Å². The van der Waals surface area contributed by atoms with E-state index in [0.717, 1.165) is 0 Å². The second kappa shape index (κ2) is 10.7. The molecule has 3 rings (SSSR count). The van der Waals surface area contributed by atoms with Gasteiger partial charge in [0.1, 0.15) is 11.9 Å². The average Bonchev–Trinajstić information content (AvgIpc) is 2.80. The largest absolute Gasteiger partial charge is 0.476 e. The number of aryl methyl sites for hydroxylation is 1. The first-order valence-electron chi connectivity index (χ1n) is 12.3. The summed E-state index contributed by atoms with van der Waals surface area (Å²) in [4.78, 5) is 54.8. The van der Waals surface area contributed by atoms with Crippen LogP contribution in [0.15, 0.2) is 12.1 Å². The van der Waals surface area contributed by atoms with Crippen LogP contribution in [0.1, 0.15) is 57.0 Å². The standard InChI is InChI=1S/C25H37N5O6/c1-7-21(31)27-9-11-29-18-13-17(16(4)12-19(18)36-25(5,6)23(29)33)22(32)30(15(2)3)20-14-28(24(34)35)10-8-26-20/h12-13,15,20,26H,7-11,14H2,1-6H3,(H,27,31)(H,34,35)/t20-/m1/s1. The summed E-state index contributed by atoms with van der Waals surface area (Å²) in [5.41, 5.74) is 0.442. The van der Waals surface area contributed by atoms with Crippen LogP contribution in [-0.4, -0.2) is 89.3 Å². The number of rotatable bonds is 7. The molecule has 36 heavy (non-hydrogen) atoms. The maximum absolute atomic E-state index is 13.8. The first-order chi connectivity index (χ1) is 16.9. The monoisotopic (exact) mass is 503 g/mol. The van der Waals surface area contributed by atoms with Crippen LogP contribution in [-0.2, 0) is 9.59 Å². The lowest BCUT2D eigenvalue weighted by molar-refractivity contribution is -0.132. The Labute approximate surface area is 211 Å². The lowest BCUT2D eigenvalue weighted by Crippen LogP contribution is -2.62. The molecule has 1 atom stereocenters. The van der Waals surface area contributed by atoms with E-state index in [1.807, 2.05) is 20.8 Å².